The van der Waals surface area contributed by atoms with Crippen LogP contribution in [0, 0.1) is 0 Å². The fourth-order valence-corrected chi connectivity index (χ4v) is 4.56. The van der Waals surface area contributed by atoms with Crippen LogP contribution in [0.5, 0.6) is 0 Å². The largest absolute Gasteiger partial charge is 0.338 e. The summed E-state index contributed by atoms with van der Waals surface area (Å²) in [4.78, 5) is 39.3. The lowest BCUT2D eigenvalue weighted by molar-refractivity contribution is 0.0708. The van der Waals surface area contributed by atoms with Gasteiger partial charge in [0.05, 0.1) is 0 Å². The molecule has 1 aliphatic heterocycles. The first-order chi connectivity index (χ1) is 16.1. The number of rotatable bonds is 5. The number of nitrogens with zero attached hydrogens (tertiary/aromatic N) is 1. The van der Waals surface area contributed by atoms with E-state index in [0.717, 1.165) is 25.7 Å². The van der Waals surface area contributed by atoms with Gasteiger partial charge in [0.1, 0.15) is 0 Å². The normalized spacial score (nSPS) is 17.3. The van der Waals surface area contributed by atoms with E-state index >= 15 is 0 Å². The Kier molecular flexibility index (Phi) is 7.60. The van der Waals surface area contributed by atoms with Crippen LogP contribution < -0.4 is 16.0 Å². The van der Waals surface area contributed by atoms with Crippen LogP contribution in [0.4, 0.5) is 10.5 Å². The Labute approximate surface area is 194 Å². The average molecular weight is 449 g/mol. The fraction of sp³-hybridized carbons (Fsp3) is 0.423. The number of benzene rings is 2. The molecule has 4 amide bonds. The van der Waals surface area contributed by atoms with Gasteiger partial charge >= 0.3 is 6.03 Å². The van der Waals surface area contributed by atoms with Crippen molar-refractivity contribution in [1.82, 2.24) is 15.5 Å². The molecule has 4 rings (SSSR count). The molecule has 0 unspecified atom stereocenters. The number of hydrogen-bond acceptors (Lipinski definition) is 3. The first-order valence-electron chi connectivity index (χ1n) is 11.9. The third-order valence-electron chi connectivity index (χ3n) is 6.48. The lowest BCUT2D eigenvalue weighted by Crippen LogP contribution is -2.51. The molecule has 7 heteroatoms. The summed E-state index contributed by atoms with van der Waals surface area (Å²) in [5, 5.41) is 9.02. The summed E-state index contributed by atoms with van der Waals surface area (Å²) >= 11 is 0. The van der Waals surface area contributed by atoms with E-state index in [1.165, 1.54) is 19.3 Å². The minimum Gasteiger partial charge on any atom is -0.338 e. The standard InChI is InChI=1S/C26H32N4O3/c31-24(19-7-3-1-4-8-19)27-22-13-11-20(12-14-22)25(32)30-17-15-23(16-18-30)29-26(33)28-21-9-5-2-6-10-21/h1,3-4,7-8,11-14,21,23H,2,5-6,9-10,15-18H2,(H,27,31)(H2,28,29,33). The number of urea groups is 1. The highest BCUT2D eigenvalue weighted by molar-refractivity contribution is 6.04. The summed E-state index contributed by atoms with van der Waals surface area (Å²) in [6, 6.07) is 16.3. The van der Waals surface area contributed by atoms with Crippen molar-refractivity contribution < 1.29 is 14.4 Å². The highest BCUT2D eigenvalue weighted by Gasteiger charge is 2.25. The van der Waals surface area contributed by atoms with E-state index in [2.05, 4.69) is 16.0 Å². The molecule has 1 saturated carbocycles. The van der Waals surface area contributed by atoms with Crippen molar-refractivity contribution in [3.8, 4) is 0 Å². The third kappa shape index (κ3) is 6.34. The fourth-order valence-electron chi connectivity index (χ4n) is 4.56. The average Bonchev–Trinajstić information content (AvgIpc) is 2.85. The number of carbonyl (C=O) groups is 3. The maximum Gasteiger partial charge on any atom is 0.315 e. The van der Waals surface area contributed by atoms with Gasteiger partial charge in [0.25, 0.3) is 11.8 Å². The van der Waals surface area contributed by atoms with E-state index in [1.807, 2.05) is 23.1 Å². The van der Waals surface area contributed by atoms with Gasteiger partial charge in [-0.05, 0) is 62.1 Å². The number of hydrogen-bond donors (Lipinski definition) is 3. The van der Waals surface area contributed by atoms with Gasteiger partial charge < -0.3 is 20.9 Å². The maximum absolute atomic E-state index is 12.9. The van der Waals surface area contributed by atoms with E-state index in [1.54, 1.807) is 36.4 Å². The van der Waals surface area contributed by atoms with Crippen molar-refractivity contribution in [2.45, 2.75) is 57.0 Å². The Bertz CT molecular complexity index is 947. The molecule has 0 bridgehead atoms. The number of piperidine rings is 1. The van der Waals surface area contributed by atoms with Gasteiger partial charge in [-0.15, -0.1) is 0 Å². The molecule has 174 valence electrons. The third-order valence-corrected chi connectivity index (χ3v) is 6.48. The Morgan fingerprint density at radius 1 is 0.697 bits per heavy atom. The van der Waals surface area contributed by atoms with Crippen LogP contribution in [-0.4, -0.2) is 47.9 Å². The smallest absolute Gasteiger partial charge is 0.315 e. The van der Waals surface area contributed by atoms with Crippen molar-refractivity contribution in [2.24, 2.45) is 0 Å². The van der Waals surface area contributed by atoms with Crippen molar-refractivity contribution in [2.75, 3.05) is 18.4 Å². The summed E-state index contributed by atoms with van der Waals surface area (Å²) < 4.78 is 0. The zero-order valence-electron chi connectivity index (χ0n) is 18.9. The molecule has 0 spiro atoms. The van der Waals surface area contributed by atoms with Crippen molar-refractivity contribution in [1.29, 1.82) is 0 Å². The second-order valence-electron chi connectivity index (χ2n) is 8.92. The molecule has 0 atom stereocenters. The molecule has 1 saturated heterocycles. The Balaban J connectivity index is 1.23. The number of nitrogens with one attached hydrogen (secondary N) is 3. The van der Waals surface area contributed by atoms with E-state index in [0.29, 0.717) is 35.9 Å². The Hall–Kier alpha value is -3.35. The van der Waals surface area contributed by atoms with Crippen LogP contribution in [-0.2, 0) is 0 Å². The summed E-state index contributed by atoms with van der Waals surface area (Å²) in [5.41, 5.74) is 1.82. The molecule has 7 nitrogen and oxygen atoms in total. The van der Waals surface area contributed by atoms with Gasteiger partial charge in [0.2, 0.25) is 0 Å². The van der Waals surface area contributed by atoms with Gasteiger partial charge in [0, 0.05) is 42.0 Å². The molecule has 2 aromatic carbocycles. The maximum atomic E-state index is 12.9. The van der Waals surface area contributed by atoms with Gasteiger partial charge in [-0.2, -0.15) is 0 Å². The second-order valence-corrected chi connectivity index (χ2v) is 8.92. The van der Waals surface area contributed by atoms with Crippen LogP contribution in [0.2, 0.25) is 0 Å². The van der Waals surface area contributed by atoms with E-state index in [9.17, 15) is 14.4 Å². The molecule has 1 aliphatic carbocycles. The first-order valence-corrected chi connectivity index (χ1v) is 11.9. The summed E-state index contributed by atoms with van der Waals surface area (Å²) in [6.45, 7) is 1.22. The zero-order valence-corrected chi connectivity index (χ0v) is 18.9. The molecular formula is C26H32N4O3. The van der Waals surface area contributed by atoms with Gasteiger partial charge in [-0.25, -0.2) is 4.79 Å². The summed E-state index contributed by atoms with van der Waals surface area (Å²) in [7, 11) is 0. The van der Waals surface area contributed by atoms with Crippen LogP contribution in [0.15, 0.2) is 54.6 Å². The topological polar surface area (TPSA) is 90.5 Å². The number of anilines is 1. The number of amides is 4. The number of carbonyl (C=O) groups excluding carboxylic acids is 3. The van der Waals surface area contributed by atoms with Crippen LogP contribution in [0.25, 0.3) is 0 Å². The summed E-state index contributed by atoms with van der Waals surface area (Å²) in [5.74, 6) is -0.210. The molecule has 0 radical (unpaired) electrons. The van der Waals surface area contributed by atoms with Crippen molar-refractivity contribution in [3.63, 3.8) is 0 Å². The van der Waals surface area contributed by atoms with Crippen LogP contribution in [0.3, 0.4) is 0 Å². The molecule has 0 aromatic heterocycles. The van der Waals surface area contributed by atoms with E-state index in [4.69, 9.17) is 0 Å². The SMILES string of the molecule is O=C(NC1CCCCC1)NC1CCN(C(=O)c2ccc(NC(=O)c3ccccc3)cc2)CC1. The molecular weight excluding hydrogens is 416 g/mol. The summed E-state index contributed by atoms with van der Waals surface area (Å²) in [6.07, 6.45) is 7.25. The molecule has 2 fully saturated rings. The predicted molar refractivity (Wildman–Crippen MR) is 128 cm³/mol. The first kappa shape index (κ1) is 22.8. The Morgan fingerprint density at radius 3 is 1.94 bits per heavy atom. The molecule has 2 aromatic rings. The quantitative estimate of drug-likeness (QED) is 0.641. The van der Waals surface area contributed by atoms with E-state index < -0.39 is 0 Å². The second kappa shape index (κ2) is 11.0. The van der Waals surface area contributed by atoms with E-state index in [-0.39, 0.29) is 23.9 Å². The minimum atomic E-state index is -0.184. The molecule has 3 N–H and O–H groups in total. The monoisotopic (exact) mass is 448 g/mol. The van der Waals surface area contributed by atoms with Crippen LogP contribution >= 0.6 is 0 Å². The highest BCUT2D eigenvalue weighted by Crippen LogP contribution is 2.19. The lowest BCUT2D eigenvalue weighted by Gasteiger charge is -2.33. The minimum absolute atomic E-state index is 0.0268. The highest BCUT2D eigenvalue weighted by atomic mass is 16.2. The van der Waals surface area contributed by atoms with Gasteiger partial charge in [-0.3, -0.25) is 9.59 Å². The predicted octanol–water partition coefficient (Wildman–Crippen LogP) is 4.18. The Morgan fingerprint density at radius 2 is 1.30 bits per heavy atom. The van der Waals surface area contributed by atoms with Gasteiger partial charge in [0.15, 0.2) is 0 Å². The lowest BCUT2D eigenvalue weighted by atomic mass is 9.96. The number of likely N-dealkylation sites (tertiary alicyclic amines) is 1. The molecule has 33 heavy (non-hydrogen) atoms. The van der Waals surface area contributed by atoms with Crippen LogP contribution in [0.1, 0.15) is 65.7 Å². The molecule has 1 heterocycles. The van der Waals surface area contributed by atoms with Gasteiger partial charge in [-0.1, -0.05) is 37.5 Å². The van der Waals surface area contributed by atoms with Crippen molar-refractivity contribution >= 4 is 23.5 Å². The van der Waals surface area contributed by atoms with Crippen molar-refractivity contribution in [3.05, 3.63) is 65.7 Å². The zero-order chi connectivity index (χ0) is 23.0. The molecule has 2 aliphatic rings.